The van der Waals surface area contributed by atoms with Gasteiger partial charge in [0.25, 0.3) is 0 Å². The van der Waals surface area contributed by atoms with Crippen molar-refractivity contribution < 1.29 is 0 Å². The zero-order valence-electron chi connectivity index (χ0n) is 10.9. The molecule has 0 spiro atoms. The molecular formula is C13H19Cl2N3. The second kappa shape index (κ2) is 6.18. The van der Waals surface area contributed by atoms with Crippen LogP contribution in [0.25, 0.3) is 0 Å². The summed E-state index contributed by atoms with van der Waals surface area (Å²) in [5, 5.41) is 1.10. The van der Waals surface area contributed by atoms with Crippen LogP contribution in [0.1, 0.15) is 43.0 Å². The van der Waals surface area contributed by atoms with E-state index in [0.717, 1.165) is 37.2 Å². The summed E-state index contributed by atoms with van der Waals surface area (Å²) in [5.74, 6) is 1.19. The molecule has 0 N–H and O–H groups in total. The van der Waals surface area contributed by atoms with Crippen molar-refractivity contribution >= 4 is 23.2 Å². The summed E-state index contributed by atoms with van der Waals surface area (Å²) >= 11 is 12.6. The van der Waals surface area contributed by atoms with Gasteiger partial charge in [0.2, 0.25) is 0 Å². The van der Waals surface area contributed by atoms with Crippen molar-refractivity contribution in [1.29, 1.82) is 0 Å². The molecular weight excluding hydrogens is 269 g/mol. The van der Waals surface area contributed by atoms with Crippen LogP contribution in [0.4, 0.5) is 0 Å². The van der Waals surface area contributed by atoms with E-state index < -0.39 is 0 Å². The third-order valence-electron chi connectivity index (χ3n) is 3.44. The van der Waals surface area contributed by atoms with Crippen LogP contribution in [0.5, 0.6) is 0 Å². The number of aromatic nitrogens is 2. The number of likely N-dealkylation sites (N-methyl/N-ethyl adjacent to an activating group) is 1. The molecule has 0 aliphatic heterocycles. The molecule has 0 aromatic carbocycles. The van der Waals surface area contributed by atoms with Crippen LogP contribution in [-0.2, 0) is 6.42 Å². The topological polar surface area (TPSA) is 29.0 Å². The first-order valence-corrected chi connectivity index (χ1v) is 7.20. The van der Waals surface area contributed by atoms with E-state index in [1.807, 2.05) is 14.1 Å². The summed E-state index contributed by atoms with van der Waals surface area (Å²) in [6.07, 6.45) is 5.58. The van der Waals surface area contributed by atoms with Crippen LogP contribution >= 0.6 is 23.2 Å². The fraction of sp³-hybridized carbons (Fsp3) is 0.692. The Bertz CT molecular complexity index is 392. The van der Waals surface area contributed by atoms with Crippen molar-refractivity contribution in [3.8, 4) is 0 Å². The molecule has 1 aliphatic carbocycles. The molecule has 1 saturated carbocycles. The monoisotopic (exact) mass is 287 g/mol. The first-order valence-electron chi connectivity index (χ1n) is 6.44. The molecule has 100 valence electrons. The molecule has 1 heterocycles. The average molecular weight is 288 g/mol. The van der Waals surface area contributed by atoms with E-state index in [9.17, 15) is 0 Å². The lowest BCUT2D eigenvalue weighted by molar-refractivity contribution is 0.409. The largest absolute Gasteiger partial charge is 0.309 e. The zero-order valence-corrected chi connectivity index (χ0v) is 12.4. The van der Waals surface area contributed by atoms with Crippen LogP contribution in [0, 0.1) is 0 Å². The van der Waals surface area contributed by atoms with Gasteiger partial charge in [-0.15, -0.1) is 0 Å². The fourth-order valence-corrected chi connectivity index (χ4v) is 3.18. The highest BCUT2D eigenvalue weighted by atomic mass is 35.5. The highest BCUT2D eigenvalue weighted by Gasteiger charge is 2.24. The quantitative estimate of drug-likeness (QED) is 0.793. The van der Waals surface area contributed by atoms with Gasteiger partial charge in [0.05, 0.1) is 0 Å². The minimum atomic E-state index is 0.452. The number of nitrogens with zero attached hydrogens (tertiary/aromatic N) is 3. The van der Waals surface area contributed by atoms with Crippen molar-refractivity contribution in [2.24, 2.45) is 0 Å². The van der Waals surface area contributed by atoms with E-state index in [0.29, 0.717) is 16.2 Å². The smallest absolute Gasteiger partial charge is 0.137 e. The second-order valence-corrected chi connectivity index (χ2v) is 5.89. The van der Waals surface area contributed by atoms with Crippen LogP contribution in [0.2, 0.25) is 10.3 Å². The van der Waals surface area contributed by atoms with Gasteiger partial charge < -0.3 is 4.90 Å². The third kappa shape index (κ3) is 3.34. The van der Waals surface area contributed by atoms with Crippen LogP contribution < -0.4 is 0 Å². The van der Waals surface area contributed by atoms with Crippen molar-refractivity contribution in [1.82, 2.24) is 14.9 Å². The lowest BCUT2D eigenvalue weighted by Crippen LogP contribution is -2.17. The number of rotatable bonds is 4. The SMILES string of the molecule is CN(C)CCc1nc(Cl)c(C2CCCC2)c(Cl)n1. The highest BCUT2D eigenvalue weighted by molar-refractivity contribution is 6.34. The normalized spacial score (nSPS) is 16.7. The Morgan fingerprint density at radius 3 is 2.17 bits per heavy atom. The molecule has 0 radical (unpaired) electrons. The van der Waals surface area contributed by atoms with Gasteiger partial charge in [-0.25, -0.2) is 9.97 Å². The predicted molar refractivity (Wildman–Crippen MR) is 75.5 cm³/mol. The first kappa shape index (κ1) is 14.0. The number of hydrogen-bond acceptors (Lipinski definition) is 3. The van der Waals surface area contributed by atoms with Gasteiger partial charge in [0.15, 0.2) is 0 Å². The predicted octanol–water partition coefficient (Wildman–Crippen LogP) is 3.55. The Hall–Kier alpha value is -0.380. The van der Waals surface area contributed by atoms with E-state index in [-0.39, 0.29) is 0 Å². The Kier molecular flexibility index (Phi) is 4.82. The summed E-state index contributed by atoms with van der Waals surface area (Å²) in [4.78, 5) is 10.9. The van der Waals surface area contributed by atoms with Crippen molar-refractivity contribution in [2.75, 3.05) is 20.6 Å². The lowest BCUT2D eigenvalue weighted by atomic mass is 10.0. The fourth-order valence-electron chi connectivity index (χ4n) is 2.44. The summed E-state index contributed by atoms with van der Waals surface area (Å²) in [6, 6.07) is 0. The standard InChI is InChI=1S/C13H19Cl2N3/c1-18(2)8-7-10-16-12(14)11(13(15)17-10)9-5-3-4-6-9/h9H,3-8H2,1-2H3. The maximum Gasteiger partial charge on any atom is 0.137 e. The Morgan fingerprint density at radius 2 is 1.67 bits per heavy atom. The number of halogens is 2. The lowest BCUT2D eigenvalue weighted by Gasteiger charge is -2.14. The molecule has 1 fully saturated rings. The third-order valence-corrected chi connectivity index (χ3v) is 4.02. The summed E-state index contributed by atoms with van der Waals surface area (Å²) in [6.45, 7) is 0.898. The highest BCUT2D eigenvalue weighted by Crippen LogP contribution is 2.39. The molecule has 1 aliphatic rings. The van der Waals surface area contributed by atoms with E-state index in [4.69, 9.17) is 23.2 Å². The molecule has 5 heteroatoms. The minimum Gasteiger partial charge on any atom is -0.309 e. The summed E-state index contributed by atoms with van der Waals surface area (Å²) in [7, 11) is 4.05. The van der Waals surface area contributed by atoms with Gasteiger partial charge >= 0.3 is 0 Å². The molecule has 0 bridgehead atoms. The molecule has 0 amide bonds. The van der Waals surface area contributed by atoms with Gasteiger partial charge in [0.1, 0.15) is 16.1 Å². The van der Waals surface area contributed by atoms with E-state index in [1.54, 1.807) is 0 Å². The van der Waals surface area contributed by atoms with E-state index in [2.05, 4.69) is 14.9 Å². The molecule has 1 aromatic rings. The molecule has 0 unspecified atom stereocenters. The Morgan fingerprint density at radius 1 is 1.11 bits per heavy atom. The molecule has 3 nitrogen and oxygen atoms in total. The van der Waals surface area contributed by atoms with Crippen molar-refractivity contribution in [3.05, 3.63) is 21.7 Å². The van der Waals surface area contributed by atoms with E-state index in [1.165, 1.54) is 12.8 Å². The maximum absolute atomic E-state index is 6.28. The van der Waals surface area contributed by atoms with Gasteiger partial charge in [-0.1, -0.05) is 36.0 Å². The molecule has 0 atom stereocenters. The van der Waals surface area contributed by atoms with Gasteiger partial charge in [-0.3, -0.25) is 0 Å². The second-order valence-electron chi connectivity index (χ2n) is 5.17. The van der Waals surface area contributed by atoms with Crippen LogP contribution in [0.15, 0.2) is 0 Å². The molecule has 0 saturated heterocycles. The van der Waals surface area contributed by atoms with Crippen LogP contribution in [-0.4, -0.2) is 35.5 Å². The molecule has 1 aromatic heterocycles. The van der Waals surface area contributed by atoms with Crippen LogP contribution in [0.3, 0.4) is 0 Å². The summed E-state index contributed by atoms with van der Waals surface area (Å²) in [5.41, 5.74) is 0.962. The Balaban J connectivity index is 2.18. The maximum atomic E-state index is 6.28. The van der Waals surface area contributed by atoms with Gasteiger partial charge in [0, 0.05) is 18.5 Å². The van der Waals surface area contributed by atoms with Gasteiger partial charge in [-0.05, 0) is 32.9 Å². The van der Waals surface area contributed by atoms with Crippen molar-refractivity contribution in [2.45, 2.75) is 38.0 Å². The summed E-state index contributed by atoms with van der Waals surface area (Å²) < 4.78 is 0. The average Bonchev–Trinajstić information content (AvgIpc) is 2.79. The minimum absolute atomic E-state index is 0.452. The molecule has 2 rings (SSSR count). The Labute approximate surface area is 119 Å². The van der Waals surface area contributed by atoms with Gasteiger partial charge in [-0.2, -0.15) is 0 Å². The molecule has 18 heavy (non-hydrogen) atoms. The zero-order chi connectivity index (χ0) is 13.1. The number of hydrogen-bond donors (Lipinski definition) is 0. The van der Waals surface area contributed by atoms with E-state index >= 15 is 0 Å². The first-order chi connectivity index (χ1) is 8.58. The van der Waals surface area contributed by atoms with Crippen molar-refractivity contribution in [3.63, 3.8) is 0 Å².